The lowest BCUT2D eigenvalue weighted by Gasteiger charge is -2.26. The molecule has 2 unspecified atom stereocenters. The lowest BCUT2D eigenvalue weighted by Crippen LogP contribution is -2.29. The van der Waals surface area contributed by atoms with Crippen molar-refractivity contribution in [2.45, 2.75) is 51.7 Å². The van der Waals surface area contributed by atoms with E-state index >= 15 is 0 Å². The number of hydrogen-bond acceptors (Lipinski definition) is 3. The molecule has 1 N–H and O–H groups in total. The van der Waals surface area contributed by atoms with Crippen LogP contribution < -0.4 is 0 Å². The molecule has 0 spiro atoms. The minimum Gasteiger partial charge on any atom is -0.460 e. The molecule has 1 aliphatic carbocycles. The van der Waals surface area contributed by atoms with Gasteiger partial charge in [0.15, 0.2) is 0 Å². The molecule has 0 aromatic carbocycles. The summed E-state index contributed by atoms with van der Waals surface area (Å²) in [6, 6.07) is 0. The van der Waals surface area contributed by atoms with Gasteiger partial charge in [-0.1, -0.05) is 13.3 Å². The Labute approximate surface area is 79.1 Å². The van der Waals surface area contributed by atoms with Crippen LogP contribution in [0.4, 0.5) is 0 Å². The number of carbonyl (C=O) groups is 1. The number of carbonyl (C=O) groups excluding carboxylic acids is 1. The number of aliphatic hydroxyl groups excluding tert-OH is 1. The lowest BCUT2D eigenvalue weighted by atomic mass is 9.89. The van der Waals surface area contributed by atoms with Crippen molar-refractivity contribution in [1.82, 2.24) is 0 Å². The monoisotopic (exact) mass is 186 g/mol. The number of aliphatic hydroxyl groups is 1. The molecule has 0 aromatic rings. The van der Waals surface area contributed by atoms with Crippen molar-refractivity contribution < 1.29 is 14.6 Å². The molecule has 0 radical (unpaired) electrons. The fourth-order valence-corrected chi connectivity index (χ4v) is 1.75. The highest BCUT2D eigenvalue weighted by atomic mass is 16.6. The van der Waals surface area contributed by atoms with Gasteiger partial charge in [0.05, 0.1) is 0 Å². The van der Waals surface area contributed by atoms with E-state index in [2.05, 4.69) is 6.92 Å². The fraction of sp³-hybridized carbons (Fsp3) is 0.900. The summed E-state index contributed by atoms with van der Waals surface area (Å²) in [5.74, 6) is 0.152. The Balaban J connectivity index is 2.31. The average molecular weight is 186 g/mol. The quantitative estimate of drug-likeness (QED) is 0.664. The van der Waals surface area contributed by atoms with Crippen LogP contribution in [0.5, 0.6) is 0 Å². The van der Waals surface area contributed by atoms with Crippen LogP contribution in [0.25, 0.3) is 0 Å². The molecular formula is C10H18O3. The second-order valence-electron chi connectivity index (χ2n) is 4.01. The summed E-state index contributed by atoms with van der Waals surface area (Å²) in [6.07, 6.45) is 3.28. The van der Waals surface area contributed by atoms with Gasteiger partial charge in [-0.05, 0) is 32.1 Å². The van der Waals surface area contributed by atoms with Gasteiger partial charge in [0, 0.05) is 0 Å². The van der Waals surface area contributed by atoms with Crippen molar-refractivity contribution in [1.29, 1.82) is 0 Å². The molecule has 3 nitrogen and oxygen atoms in total. The van der Waals surface area contributed by atoms with E-state index < -0.39 is 12.1 Å². The van der Waals surface area contributed by atoms with E-state index in [-0.39, 0.29) is 6.10 Å². The van der Waals surface area contributed by atoms with E-state index in [1.54, 1.807) is 0 Å². The van der Waals surface area contributed by atoms with Crippen LogP contribution in [0.3, 0.4) is 0 Å². The van der Waals surface area contributed by atoms with Crippen LogP contribution in [-0.2, 0) is 9.53 Å². The van der Waals surface area contributed by atoms with Crippen LogP contribution in [0.15, 0.2) is 0 Å². The number of esters is 1. The summed E-state index contributed by atoms with van der Waals surface area (Å²) in [4.78, 5) is 11.0. The highest BCUT2D eigenvalue weighted by Gasteiger charge is 2.23. The van der Waals surface area contributed by atoms with Crippen LogP contribution in [0.1, 0.15) is 39.5 Å². The molecule has 0 heterocycles. The van der Waals surface area contributed by atoms with Gasteiger partial charge < -0.3 is 9.84 Å². The van der Waals surface area contributed by atoms with E-state index in [0.29, 0.717) is 5.92 Å². The largest absolute Gasteiger partial charge is 0.460 e. The molecule has 1 saturated carbocycles. The van der Waals surface area contributed by atoms with Gasteiger partial charge in [0.1, 0.15) is 12.2 Å². The molecule has 1 fully saturated rings. The standard InChI is InChI=1S/C10H18O3/c1-7-4-3-5-9(6-7)13-10(12)8(2)11/h7-9,11H,3-6H2,1-2H3/t7?,8?,9-/m0/s1. The van der Waals surface area contributed by atoms with Crippen LogP contribution in [0, 0.1) is 5.92 Å². The van der Waals surface area contributed by atoms with Crippen LogP contribution in [0.2, 0.25) is 0 Å². The van der Waals surface area contributed by atoms with Gasteiger partial charge in [0.25, 0.3) is 0 Å². The number of hydrogen-bond donors (Lipinski definition) is 1. The first-order chi connectivity index (χ1) is 6.09. The Morgan fingerprint density at radius 3 is 2.77 bits per heavy atom. The average Bonchev–Trinajstić information content (AvgIpc) is 2.04. The number of rotatable bonds is 2. The zero-order valence-corrected chi connectivity index (χ0v) is 8.32. The molecule has 3 heteroatoms. The van der Waals surface area contributed by atoms with Gasteiger partial charge >= 0.3 is 5.97 Å². The van der Waals surface area contributed by atoms with Gasteiger partial charge in [0.2, 0.25) is 0 Å². The van der Waals surface area contributed by atoms with Crippen LogP contribution in [-0.4, -0.2) is 23.3 Å². The molecule has 0 aromatic heterocycles. The summed E-state index contributed by atoms with van der Waals surface area (Å²) < 4.78 is 5.13. The Morgan fingerprint density at radius 2 is 2.23 bits per heavy atom. The second kappa shape index (κ2) is 4.61. The van der Waals surface area contributed by atoms with Crippen molar-refractivity contribution >= 4 is 5.97 Å². The van der Waals surface area contributed by atoms with Gasteiger partial charge in [-0.15, -0.1) is 0 Å². The van der Waals surface area contributed by atoms with Crippen molar-refractivity contribution in [3.8, 4) is 0 Å². The Kier molecular flexibility index (Phi) is 3.72. The highest BCUT2D eigenvalue weighted by Crippen LogP contribution is 2.25. The predicted molar refractivity (Wildman–Crippen MR) is 49.2 cm³/mol. The minimum absolute atomic E-state index is 0.0332. The zero-order valence-electron chi connectivity index (χ0n) is 8.32. The first kappa shape index (κ1) is 10.5. The first-order valence-electron chi connectivity index (χ1n) is 4.98. The van der Waals surface area contributed by atoms with Crippen molar-refractivity contribution in [3.05, 3.63) is 0 Å². The third kappa shape index (κ3) is 3.35. The molecule has 0 saturated heterocycles. The summed E-state index contributed by atoms with van der Waals surface area (Å²) in [5, 5.41) is 8.94. The summed E-state index contributed by atoms with van der Waals surface area (Å²) in [6.45, 7) is 3.61. The van der Waals surface area contributed by atoms with E-state index in [1.165, 1.54) is 13.3 Å². The second-order valence-corrected chi connectivity index (χ2v) is 4.01. The molecule has 0 bridgehead atoms. The molecule has 76 valence electrons. The third-order valence-electron chi connectivity index (χ3n) is 2.51. The molecule has 0 aliphatic heterocycles. The minimum atomic E-state index is -0.989. The van der Waals surface area contributed by atoms with Crippen LogP contribution >= 0.6 is 0 Å². The highest BCUT2D eigenvalue weighted by molar-refractivity contribution is 5.73. The van der Waals surface area contributed by atoms with Gasteiger partial charge in [-0.3, -0.25) is 0 Å². The van der Waals surface area contributed by atoms with E-state index in [4.69, 9.17) is 9.84 Å². The van der Waals surface area contributed by atoms with E-state index in [0.717, 1.165) is 19.3 Å². The van der Waals surface area contributed by atoms with E-state index in [9.17, 15) is 4.79 Å². The van der Waals surface area contributed by atoms with Crippen molar-refractivity contribution in [2.24, 2.45) is 5.92 Å². The van der Waals surface area contributed by atoms with Crippen molar-refractivity contribution in [2.75, 3.05) is 0 Å². The molecule has 1 aliphatic rings. The molecule has 13 heavy (non-hydrogen) atoms. The first-order valence-corrected chi connectivity index (χ1v) is 4.98. The summed E-state index contributed by atoms with van der Waals surface area (Å²) in [7, 11) is 0. The molecule has 1 rings (SSSR count). The number of ether oxygens (including phenoxy) is 1. The summed E-state index contributed by atoms with van der Waals surface area (Å²) in [5.41, 5.74) is 0. The molecule has 0 amide bonds. The van der Waals surface area contributed by atoms with Gasteiger partial charge in [-0.2, -0.15) is 0 Å². The smallest absolute Gasteiger partial charge is 0.334 e. The maximum atomic E-state index is 11.0. The maximum Gasteiger partial charge on any atom is 0.334 e. The normalized spacial score (nSPS) is 31.0. The molecule has 3 atom stereocenters. The maximum absolute atomic E-state index is 11.0. The summed E-state index contributed by atoms with van der Waals surface area (Å²) >= 11 is 0. The van der Waals surface area contributed by atoms with E-state index in [1.807, 2.05) is 0 Å². The Bertz CT molecular complexity index is 177. The lowest BCUT2D eigenvalue weighted by molar-refractivity contribution is -0.160. The zero-order chi connectivity index (χ0) is 9.84. The van der Waals surface area contributed by atoms with Crippen molar-refractivity contribution in [3.63, 3.8) is 0 Å². The fourth-order valence-electron chi connectivity index (χ4n) is 1.75. The SMILES string of the molecule is CC1CCC[C@H](OC(=O)C(C)O)C1. The predicted octanol–water partition coefficient (Wildman–Crippen LogP) is 1.49. The topological polar surface area (TPSA) is 46.5 Å². The third-order valence-corrected chi connectivity index (χ3v) is 2.51. The molecular weight excluding hydrogens is 168 g/mol. The Hall–Kier alpha value is -0.570. The van der Waals surface area contributed by atoms with Gasteiger partial charge in [-0.25, -0.2) is 4.79 Å². The Morgan fingerprint density at radius 1 is 1.54 bits per heavy atom.